The topological polar surface area (TPSA) is 21.5 Å². The highest BCUT2D eigenvalue weighted by Gasteiger charge is 2.29. The van der Waals surface area contributed by atoms with Crippen molar-refractivity contribution in [1.29, 1.82) is 0 Å². The third-order valence-corrected chi connectivity index (χ3v) is 2.53. The van der Waals surface area contributed by atoms with E-state index in [4.69, 9.17) is 0 Å². The predicted molar refractivity (Wildman–Crippen MR) is 40.0 cm³/mol. The van der Waals surface area contributed by atoms with Crippen molar-refractivity contribution in [3.63, 3.8) is 0 Å². The highest BCUT2D eigenvalue weighted by Crippen LogP contribution is 2.04. The first-order valence-corrected chi connectivity index (χ1v) is 3.96. The van der Waals surface area contributed by atoms with E-state index < -0.39 is 0 Å². The van der Waals surface area contributed by atoms with Crippen LogP contribution in [0, 0.1) is 5.92 Å². The minimum atomic E-state index is 0.288. The van der Waals surface area contributed by atoms with Crippen LogP contribution in [0.15, 0.2) is 0 Å². The second-order valence-corrected chi connectivity index (χ2v) is 3.52. The van der Waals surface area contributed by atoms with E-state index in [1.165, 1.54) is 4.90 Å². The SMILES string of the molecule is C[C@@H]1CC(=O)[C@@H](C)C[NH+]1C. The summed E-state index contributed by atoms with van der Waals surface area (Å²) < 4.78 is 0. The fourth-order valence-electron chi connectivity index (χ4n) is 1.48. The molecule has 0 aromatic heterocycles. The predicted octanol–water partition coefficient (Wildman–Crippen LogP) is -0.501. The van der Waals surface area contributed by atoms with E-state index in [0.717, 1.165) is 13.0 Å². The molecule has 1 fully saturated rings. The summed E-state index contributed by atoms with van der Waals surface area (Å²) in [5.41, 5.74) is 0. The van der Waals surface area contributed by atoms with Gasteiger partial charge in [0.1, 0.15) is 5.78 Å². The van der Waals surface area contributed by atoms with Crippen LogP contribution in [0.25, 0.3) is 0 Å². The fraction of sp³-hybridized carbons (Fsp3) is 0.875. The van der Waals surface area contributed by atoms with E-state index >= 15 is 0 Å². The Labute approximate surface area is 62.2 Å². The molecule has 0 radical (unpaired) electrons. The molecule has 0 bridgehead atoms. The van der Waals surface area contributed by atoms with Gasteiger partial charge in [-0.3, -0.25) is 4.79 Å². The van der Waals surface area contributed by atoms with E-state index in [0.29, 0.717) is 11.8 Å². The van der Waals surface area contributed by atoms with Gasteiger partial charge in [-0.1, -0.05) is 6.92 Å². The number of hydrogen-bond donors (Lipinski definition) is 1. The van der Waals surface area contributed by atoms with Gasteiger partial charge >= 0.3 is 0 Å². The van der Waals surface area contributed by atoms with Gasteiger partial charge in [-0.25, -0.2) is 0 Å². The quantitative estimate of drug-likeness (QED) is 0.484. The summed E-state index contributed by atoms with van der Waals surface area (Å²) in [4.78, 5) is 12.6. The number of piperidine rings is 1. The van der Waals surface area contributed by atoms with Gasteiger partial charge in [-0.15, -0.1) is 0 Å². The Morgan fingerprint density at radius 1 is 1.50 bits per heavy atom. The number of hydrogen-bond acceptors (Lipinski definition) is 1. The van der Waals surface area contributed by atoms with E-state index in [1.807, 2.05) is 6.92 Å². The van der Waals surface area contributed by atoms with Crippen LogP contribution < -0.4 is 4.90 Å². The Bertz CT molecular complexity index is 144. The van der Waals surface area contributed by atoms with Gasteiger partial charge in [0.05, 0.1) is 32.0 Å². The average molecular weight is 142 g/mol. The number of quaternary nitrogens is 1. The standard InChI is InChI=1S/C8H15NO/c1-6-5-9(3)7(2)4-8(6)10/h6-7H,4-5H2,1-3H3/p+1/t6-,7+/m0/s1. The van der Waals surface area contributed by atoms with Crippen molar-refractivity contribution < 1.29 is 9.69 Å². The zero-order chi connectivity index (χ0) is 7.72. The molecular weight excluding hydrogens is 126 g/mol. The summed E-state index contributed by atoms with van der Waals surface area (Å²) in [6.45, 7) is 5.18. The number of nitrogens with one attached hydrogen (secondary N) is 1. The molecule has 0 amide bonds. The van der Waals surface area contributed by atoms with Crippen LogP contribution in [0.3, 0.4) is 0 Å². The summed E-state index contributed by atoms with van der Waals surface area (Å²) in [5.74, 6) is 0.731. The van der Waals surface area contributed by atoms with Crippen molar-refractivity contribution in [2.24, 2.45) is 5.92 Å². The number of likely N-dealkylation sites (tertiary alicyclic amines) is 1. The van der Waals surface area contributed by atoms with Crippen LogP contribution in [-0.2, 0) is 4.79 Å². The fourth-order valence-corrected chi connectivity index (χ4v) is 1.48. The molecule has 1 saturated heterocycles. The number of rotatable bonds is 0. The van der Waals surface area contributed by atoms with Crippen molar-refractivity contribution in [1.82, 2.24) is 0 Å². The van der Waals surface area contributed by atoms with E-state index in [1.54, 1.807) is 0 Å². The van der Waals surface area contributed by atoms with E-state index in [-0.39, 0.29) is 5.92 Å². The molecule has 2 heteroatoms. The average Bonchev–Trinajstić information content (AvgIpc) is 1.84. The number of Topliss-reactive ketones (excluding diaryl/α,β-unsaturated/α-hetero) is 1. The second kappa shape index (κ2) is 2.70. The summed E-state index contributed by atoms with van der Waals surface area (Å²) in [6.07, 6.45) is 0.771. The summed E-state index contributed by atoms with van der Waals surface area (Å²) in [5, 5.41) is 0. The Balaban J connectivity index is 2.54. The van der Waals surface area contributed by atoms with E-state index in [2.05, 4.69) is 14.0 Å². The van der Waals surface area contributed by atoms with Crippen LogP contribution in [0.4, 0.5) is 0 Å². The lowest BCUT2D eigenvalue weighted by Gasteiger charge is -2.29. The van der Waals surface area contributed by atoms with Gasteiger partial charge in [0, 0.05) is 0 Å². The first-order chi connectivity index (χ1) is 4.61. The molecule has 2 nitrogen and oxygen atoms in total. The van der Waals surface area contributed by atoms with Crippen molar-refractivity contribution in [3.05, 3.63) is 0 Å². The van der Waals surface area contributed by atoms with Crippen LogP contribution in [-0.4, -0.2) is 25.4 Å². The lowest BCUT2D eigenvalue weighted by Crippen LogP contribution is -3.14. The largest absolute Gasteiger partial charge is 0.334 e. The van der Waals surface area contributed by atoms with Gasteiger partial charge in [-0.2, -0.15) is 0 Å². The number of carbonyl (C=O) groups is 1. The minimum Gasteiger partial charge on any atom is -0.334 e. The maximum Gasteiger partial charge on any atom is 0.147 e. The Hall–Kier alpha value is -0.370. The van der Waals surface area contributed by atoms with Gasteiger partial charge < -0.3 is 4.90 Å². The first kappa shape index (κ1) is 7.73. The molecule has 0 aliphatic carbocycles. The second-order valence-electron chi connectivity index (χ2n) is 3.52. The molecule has 10 heavy (non-hydrogen) atoms. The molecule has 0 aromatic carbocycles. The summed E-state index contributed by atoms with van der Waals surface area (Å²) in [7, 11) is 2.16. The zero-order valence-corrected chi connectivity index (χ0v) is 6.98. The van der Waals surface area contributed by atoms with Crippen LogP contribution in [0.2, 0.25) is 0 Å². The van der Waals surface area contributed by atoms with Crippen molar-refractivity contribution in [2.75, 3.05) is 13.6 Å². The van der Waals surface area contributed by atoms with Crippen molar-refractivity contribution in [3.8, 4) is 0 Å². The summed E-state index contributed by atoms with van der Waals surface area (Å²) in [6, 6.07) is 0.531. The molecular formula is C8H16NO+. The summed E-state index contributed by atoms with van der Waals surface area (Å²) >= 11 is 0. The molecule has 58 valence electrons. The first-order valence-electron chi connectivity index (χ1n) is 3.96. The molecule has 3 atom stereocenters. The van der Waals surface area contributed by atoms with Crippen LogP contribution in [0.1, 0.15) is 20.3 Å². The highest BCUT2D eigenvalue weighted by atomic mass is 16.1. The zero-order valence-electron chi connectivity index (χ0n) is 6.98. The molecule has 1 heterocycles. The molecule has 1 unspecified atom stereocenters. The Morgan fingerprint density at radius 2 is 2.10 bits per heavy atom. The van der Waals surface area contributed by atoms with E-state index in [9.17, 15) is 4.79 Å². The van der Waals surface area contributed by atoms with Crippen LogP contribution in [0.5, 0.6) is 0 Å². The van der Waals surface area contributed by atoms with Crippen molar-refractivity contribution in [2.45, 2.75) is 26.3 Å². The van der Waals surface area contributed by atoms with Crippen LogP contribution >= 0.6 is 0 Å². The molecule has 0 aromatic rings. The third-order valence-electron chi connectivity index (χ3n) is 2.53. The third kappa shape index (κ3) is 1.37. The molecule has 1 aliphatic rings. The number of carbonyl (C=O) groups excluding carboxylic acids is 1. The van der Waals surface area contributed by atoms with Gasteiger partial charge in [0.2, 0.25) is 0 Å². The molecule has 0 spiro atoms. The highest BCUT2D eigenvalue weighted by molar-refractivity contribution is 5.81. The van der Waals surface area contributed by atoms with Crippen molar-refractivity contribution >= 4 is 5.78 Å². The lowest BCUT2D eigenvalue weighted by atomic mass is 9.94. The maximum atomic E-state index is 11.1. The smallest absolute Gasteiger partial charge is 0.147 e. The minimum absolute atomic E-state index is 0.288. The maximum absolute atomic E-state index is 11.1. The lowest BCUT2D eigenvalue weighted by molar-refractivity contribution is -0.908. The monoisotopic (exact) mass is 142 g/mol. The van der Waals surface area contributed by atoms with Gasteiger partial charge in [-0.05, 0) is 6.92 Å². The van der Waals surface area contributed by atoms with Gasteiger partial charge in [0.15, 0.2) is 0 Å². The molecule has 0 saturated carbocycles. The molecule has 1 N–H and O–H groups in total. The Morgan fingerprint density at radius 3 is 2.60 bits per heavy atom. The molecule has 1 rings (SSSR count). The number of ketones is 1. The van der Waals surface area contributed by atoms with Gasteiger partial charge in [0.25, 0.3) is 0 Å². The normalized spacial score (nSPS) is 41.9. The molecule has 1 aliphatic heterocycles. The Kier molecular flexibility index (Phi) is 2.09.